The maximum absolute atomic E-state index is 6.65. The Morgan fingerprint density at radius 1 is 1.00 bits per heavy atom. The molecular formula is C18H23Cl2N. The summed E-state index contributed by atoms with van der Waals surface area (Å²) in [4.78, 5) is 0. The molecule has 0 heterocycles. The second-order valence-electron chi connectivity index (χ2n) is 7.61. The predicted molar refractivity (Wildman–Crippen MR) is 88.7 cm³/mol. The van der Waals surface area contributed by atoms with Crippen molar-refractivity contribution in [2.24, 2.45) is 35.3 Å². The first kappa shape index (κ1) is 14.4. The van der Waals surface area contributed by atoms with Crippen LogP contribution < -0.4 is 5.73 Å². The van der Waals surface area contributed by atoms with Gasteiger partial charge in [0.1, 0.15) is 0 Å². The second kappa shape index (κ2) is 5.44. The summed E-state index contributed by atoms with van der Waals surface area (Å²) >= 11 is 12.3. The van der Waals surface area contributed by atoms with Crippen molar-refractivity contribution >= 4 is 23.2 Å². The molecule has 0 saturated heterocycles. The molecule has 0 spiro atoms. The van der Waals surface area contributed by atoms with E-state index in [1.165, 1.54) is 32.1 Å². The van der Waals surface area contributed by atoms with Gasteiger partial charge >= 0.3 is 0 Å². The van der Waals surface area contributed by atoms with Crippen molar-refractivity contribution in [1.82, 2.24) is 0 Å². The summed E-state index contributed by atoms with van der Waals surface area (Å²) in [6, 6.07) is 6.05. The van der Waals surface area contributed by atoms with Crippen molar-refractivity contribution in [3.63, 3.8) is 0 Å². The molecule has 0 aliphatic heterocycles. The maximum Gasteiger partial charge on any atom is 0.0453 e. The monoisotopic (exact) mass is 323 g/mol. The van der Waals surface area contributed by atoms with Gasteiger partial charge in [0, 0.05) is 16.1 Å². The molecule has 4 aliphatic carbocycles. The van der Waals surface area contributed by atoms with Crippen LogP contribution in [-0.2, 0) is 6.42 Å². The highest BCUT2D eigenvalue weighted by molar-refractivity contribution is 6.35. The van der Waals surface area contributed by atoms with Gasteiger partial charge in [0.05, 0.1) is 0 Å². The van der Waals surface area contributed by atoms with E-state index in [1.54, 1.807) is 0 Å². The number of nitrogens with two attached hydrogens (primary N) is 1. The molecule has 1 aromatic rings. The first-order valence-electron chi connectivity index (χ1n) is 8.29. The van der Waals surface area contributed by atoms with E-state index >= 15 is 0 Å². The molecule has 0 aromatic heterocycles. The van der Waals surface area contributed by atoms with Crippen molar-refractivity contribution in [3.05, 3.63) is 33.8 Å². The third kappa shape index (κ3) is 2.62. The highest BCUT2D eigenvalue weighted by Gasteiger charge is 2.49. The molecule has 0 radical (unpaired) electrons. The molecule has 4 bridgehead atoms. The average Bonchev–Trinajstić information content (AvgIpc) is 2.40. The van der Waals surface area contributed by atoms with Crippen LogP contribution in [0.15, 0.2) is 18.2 Å². The summed E-state index contributed by atoms with van der Waals surface area (Å²) in [5, 5.41) is 1.47. The molecule has 2 N–H and O–H groups in total. The van der Waals surface area contributed by atoms with Crippen LogP contribution in [0.2, 0.25) is 10.0 Å². The van der Waals surface area contributed by atoms with Gasteiger partial charge in [-0.1, -0.05) is 29.3 Å². The number of hydrogen-bond acceptors (Lipinski definition) is 1. The normalized spacial score (nSPS) is 38.7. The summed E-state index contributed by atoms with van der Waals surface area (Å²) in [7, 11) is 0. The van der Waals surface area contributed by atoms with Crippen LogP contribution in [0.25, 0.3) is 0 Å². The topological polar surface area (TPSA) is 26.0 Å². The fraction of sp³-hybridized carbons (Fsp3) is 0.667. The van der Waals surface area contributed by atoms with Crippen molar-refractivity contribution < 1.29 is 0 Å². The molecule has 114 valence electrons. The van der Waals surface area contributed by atoms with Crippen LogP contribution >= 0.6 is 23.2 Å². The molecular weight excluding hydrogens is 301 g/mol. The molecule has 3 heteroatoms. The Morgan fingerprint density at radius 2 is 1.62 bits per heavy atom. The first-order chi connectivity index (χ1) is 10.1. The maximum atomic E-state index is 6.65. The lowest BCUT2D eigenvalue weighted by molar-refractivity contribution is -0.0464. The van der Waals surface area contributed by atoms with Gasteiger partial charge in [0.2, 0.25) is 0 Å². The number of halogens is 2. The van der Waals surface area contributed by atoms with E-state index in [4.69, 9.17) is 28.9 Å². The van der Waals surface area contributed by atoms with Crippen LogP contribution in [-0.4, -0.2) is 6.04 Å². The van der Waals surface area contributed by atoms with Crippen LogP contribution in [0, 0.1) is 29.6 Å². The van der Waals surface area contributed by atoms with E-state index in [1.807, 2.05) is 18.2 Å². The van der Waals surface area contributed by atoms with E-state index in [0.717, 1.165) is 40.7 Å². The van der Waals surface area contributed by atoms with Crippen molar-refractivity contribution in [2.45, 2.75) is 44.6 Å². The van der Waals surface area contributed by atoms with Crippen LogP contribution in [0.3, 0.4) is 0 Å². The Hall–Kier alpha value is -0.240. The van der Waals surface area contributed by atoms with Crippen molar-refractivity contribution in [2.75, 3.05) is 0 Å². The Labute approximate surface area is 137 Å². The van der Waals surface area contributed by atoms with Crippen LogP contribution in [0.1, 0.15) is 37.7 Å². The summed E-state index contributed by atoms with van der Waals surface area (Å²) in [5.74, 6) is 4.49. The van der Waals surface area contributed by atoms with E-state index in [0.29, 0.717) is 10.9 Å². The highest BCUT2D eigenvalue weighted by Crippen LogP contribution is 2.57. The highest BCUT2D eigenvalue weighted by atomic mass is 35.5. The zero-order valence-electron chi connectivity index (χ0n) is 12.3. The molecule has 1 unspecified atom stereocenters. The van der Waals surface area contributed by atoms with Gasteiger partial charge in [-0.05, 0) is 85.8 Å². The van der Waals surface area contributed by atoms with Gasteiger partial charge in [0.25, 0.3) is 0 Å². The quantitative estimate of drug-likeness (QED) is 0.838. The van der Waals surface area contributed by atoms with E-state index in [-0.39, 0.29) is 6.04 Å². The molecule has 0 amide bonds. The zero-order valence-corrected chi connectivity index (χ0v) is 13.8. The van der Waals surface area contributed by atoms with E-state index in [2.05, 4.69) is 0 Å². The Morgan fingerprint density at radius 3 is 2.19 bits per heavy atom. The zero-order chi connectivity index (χ0) is 14.6. The van der Waals surface area contributed by atoms with E-state index < -0.39 is 0 Å². The van der Waals surface area contributed by atoms with Gasteiger partial charge in [-0.25, -0.2) is 0 Å². The van der Waals surface area contributed by atoms with Gasteiger partial charge in [-0.3, -0.25) is 0 Å². The fourth-order valence-corrected chi connectivity index (χ4v) is 6.23. The molecule has 1 aromatic carbocycles. The molecule has 1 atom stereocenters. The third-order valence-corrected chi connectivity index (χ3v) is 6.85. The minimum absolute atomic E-state index is 0.249. The lowest BCUT2D eigenvalue weighted by atomic mass is 9.50. The minimum atomic E-state index is 0.249. The van der Waals surface area contributed by atoms with Crippen molar-refractivity contribution in [1.29, 1.82) is 0 Å². The Kier molecular flexibility index (Phi) is 3.72. The third-order valence-electron chi connectivity index (χ3n) is 6.26. The molecule has 4 fully saturated rings. The lowest BCUT2D eigenvalue weighted by Gasteiger charge is -2.56. The Bertz CT molecular complexity index is 514. The molecule has 4 saturated carbocycles. The molecule has 1 nitrogen and oxygen atoms in total. The van der Waals surface area contributed by atoms with Crippen LogP contribution in [0.4, 0.5) is 0 Å². The van der Waals surface area contributed by atoms with E-state index in [9.17, 15) is 0 Å². The predicted octanol–water partition coefficient (Wildman–Crippen LogP) is 4.94. The largest absolute Gasteiger partial charge is 0.327 e. The summed E-state index contributed by atoms with van der Waals surface area (Å²) in [6.45, 7) is 0. The van der Waals surface area contributed by atoms with Crippen LogP contribution in [0.5, 0.6) is 0 Å². The number of rotatable bonds is 3. The molecule has 4 aliphatic rings. The molecule has 5 rings (SSSR count). The SMILES string of the molecule is NC(Cc1ccc(Cl)cc1Cl)C1C2CC3CC(C2)CC1C3. The van der Waals surface area contributed by atoms with Gasteiger partial charge < -0.3 is 5.73 Å². The van der Waals surface area contributed by atoms with Gasteiger partial charge in [-0.2, -0.15) is 0 Å². The number of hydrogen-bond donors (Lipinski definition) is 1. The first-order valence-corrected chi connectivity index (χ1v) is 9.05. The summed E-state index contributed by atoms with van der Waals surface area (Å²) < 4.78 is 0. The minimum Gasteiger partial charge on any atom is -0.327 e. The summed E-state index contributed by atoms with van der Waals surface area (Å²) in [6.07, 6.45) is 8.11. The van der Waals surface area contributed by atoms with Gasteiger partial charge in [0.15, 0.2) is 0 Å². The average molecular weight is 324 g/mol. The summed E-state index contributed by atoms with van der Waals surface area (Å²) in [5.41, 5.74) is 7.80. The fourth-order valence-electron chi connectivity index (χ4n) is 5.74. The Balaban J connectivity index is 1.51. The smallest absolute Gasteiger partial charge is 0.0453 e. The van der Waals surface area contributed by atoms with Crippen molar-refractivity contribution in [3.8, 4) is 0 Å². The second-order valence-corrected chi connectivity index (χ2v) is 8.46. The molecule has 21 heavy (non-hydrogen) atoms. The standard InChI is InChI=1S/C18H23Cl2N/c19-15-2-1-12(16(20)9-15)8-17(21)18-13-4-10-3-11(6-13)7-14(18)5-10/h1-2,9-11,13-14,17-18H,3-8,21H2. The van der Waals surface area contributed by atoms with Gasteiger partial charge in [-0.15, -0.1) is 0 Å². The lowest BCUT2D eigenvalue weighted by Crippen LogP contribution is -2.52. The number of benzene rings is 1.